The third kappa shape index (κ3) is 5.32. The largest absolute Gasteiger partial charge is 0.494 e. The first-order valence-electron chi connectivity index (χ1n) is 13.2. The Hall–Kier alpha value is -4.51. The number of halogens is 2. The molecule has 0 spiro atoms. The second-order valence-corrected chi connectivity index (χ2v) is 9.43. The molecule has 3 aromatic heterocycles. The monoisotopic (exact) mass is 543 g/mol. The smallest absolute Gasteiger partial charge is 0.182 e. The fourth-order valence-corrected chi connectivity index (χ4v) is 4.88. The molecule has 5 aromatic rings. The lowest BCUT2D eigenvalue weighted by Crippen LogP contribution is -2.16. The van der Waals surface area contributed by atoms with Crippen LogP contribution in [0, 0.1) is 11.6 Å². The number of nitrogens with zero attached hydrogens (tertiary/aromatic N) is 6. The zero-order chi connectivity index (χ0) is 27.5. The molecular formula is C29H27F2N7O2. The van der Waals surface area contributed by atoms with Gasteiger partial charge in [0.05, 0.1) is 18.7 Å². The van der Waals surface area contributed by atoms with E-state index in [1.165, 1.54) is 18.5 Å². The van der Waals surface area contributed by atoms with Gasteiger partial charge in [0.25, 0.3) is 0 Å². The number of ether oxygens (including phenoxy) is 2. The van der Waals surface area contributed by atoms with Crippen LogP contribution < -0.4 is 10.1 Å². The third-order valence-corrected chi connectivity index (χ3v) is 6.83. The van der Waals surface area contributed by atoms with Crippen LogP contribution in [0.4, 0.5) is 20.4 Å². The van der Waals surface area contributed by atoms with Gasteiger partial charge in [-0.05, 0) is 31.9 Å². The molecule has 1 aliphatic heterocycles. The molecule has 40 heavy (non-hydrogen) atoms. The third-order valence-electron chi connectivity index (χ3n) is 6.83. The number of rotatable bonds is 8. The number of hydrogen-bond donors (Lipinski definition) is 1. The van der Waals surface area contributed by atoms with Gasteiger partial charge in [0, 0.05) is 60.2 Å². The summed E-state index contributed by atoms with van der Waals surface area (Å²) in [5, 5.41) is 8.79. The molecule has 204 valence electrons. The highest BCUT2D eigenvalue weighted by molar-refractivity contribution is 5.91. The maximum atomic E-state index is 15.0. The van der Waals surface area contributed by atoms with Crippen molar-refractivity contribution in [1.82, 2.24) is 29.7 Å². The summed E-state index contributed by atoms with van der Waals surface area (Å²) in [5.41, 5.74) is 1.98. The molecule has 9 nitrogen and oxygen atoms in total. The molecule has 1 aliphatic rings. The van der Waals surface area contributed by atoms with Crippen LogP contribution in [0.5, 0.6) is 5.75 Å². The highest BCUT2D eigenvalue weighted by Crippen LogP contribution is 2.32. The first kappa shape index (κ1) is 25.8. The first-order valence-corrected chi connectivity index (χ1v) is 13.2. The van der Waals surface area contributed by atoms with Crippen LogP contribution in [-0.2, 0) is 11.3 Å². The fraction of sp³-hybridized carbons (Fsp3) is 0.276. The van der Waals surface area contributed by atoms with Crippen molar-refractivity contribution in [3.05, 3.63) is 83.9 Å². The van der Waals surface area contributed by atoms with Crippen molar-refractivity contribution < 1.29 is 18.3 Å². The average molecular weight is 544 g/mol. The summed E-state index contributed by atoms with van der Waals surface area (Å²) in [6, 6.07) is 13.6. The number of benzene rings is 2. The number of anilines is 2. The van der Waals surface area contributed by atoms with Gasteiger partial charge in [-0.2, -0.15) is 5.10 Å². The van der Waals surface area contributed by atoms with Crippen LogP contribution in [0.15, 0.2) is 61.1 Å². The maximum Gasteiger partial charge on any atom is 0.182 e. The Morgan fingerprint density at radius 3 is 2.58 bits per heavy atom. The summed E-state index contributed by atoms with van der Waals surface area (Å²) in [4.78, 5) is 17.9. The van der Waals surface area contributed by atoms with Gasteiger partial charge in [0.2, 0.25) is 0 Å². The van der Waals surface area contributed by atoms with Crippen molar-refractivity contribution in [3.8, 4) is 17.3 Å². The predicted octanol–water partition coefficient (Wildman–Crippen LogP) is 5.65. The van der Waals surface area contributed by atoms with Gasteiger partial charge >= 0.3 is 0 Å². The Morgan fingerprint density at radius 1 is 1.02 bits per heavy atom. The van der Waals surface area contributed by atoms with Gasteiger partial charge in [0.15, 0.2) is 5.82 Å². The summed E-state index contributed by atoms with van der Waals surface area (Å²) in [7, 11) is 0. The van der Waals surface area contributed by atoms with E-state index in [0.717, 1.165) is 23.9 Å². The molecule has 0 unspecified atom stereocenters. The molecule has 0 bridgehead atoms. The van der Waals surface area contributed by atoms with E-state index in [9.17, 15) is 8.78 Å². The van der Waals surface area contributed by atoms with Gasteiger partial charge in [-0.1, -0.05) is 18.2 Å². The van der Waals surface area contributed by atoms with Crippen molar-refractivity contribution in [1.29, 1.82) is 0 Å². The molecule has 6 rings (SSSR count). The molecule has 0 atom stereocenters. The molecular weight excluding hydrogens is 516 g/mol. The Balaban J connectivity index is 1.43. The van der Waals surface area contributed by atoms with Crippen LogP contribution >= 0.6 is 0 Å². The average Bonchev–Trinajstić information content (AvgIpc) is 3.34. The molecule has 1 fully saturated rings. The van der Waals surface area contributed by atoms with E-state index in [0.29, 0.717) is 48.5 Å². The van der Waals surface area contributed by atoms with Gasteiger partial charge in [-0.3, -0.25) is 4.68 Å². The van der Waals surface area contributed by atoms with Crippen LogP contribution in [-0.4, -0.2) is 49.5 Å². The molecule has 1 saturated heterocycles. The van der Waals surface area contributed by atoms with Crippen molar-refractivity contribution in [2.45, 2.75) is 32.2 Å². The predicted molar refractivity (Wildman–Crippen MR) is 145 cm³/mol. The lowest BCUT2D eigenvalue weighted by molar-refractivity contribution is 0.0845. The Kier molecular flexibility index (Phi) is 7.28. The number of aromatic nitrogens is 6. The van der Waals surface area contributed by atoms with E-state index in [1.807, 2.05) is 30.3 Å². The van der Waals surface area contributed by atoms with E-state index in [2.05, 4.69) is 15.3 Å². The first-order chi connectivity index (χ1) is 19.6. The number of para-hydroxylation sites is 1. The fourth-order valence-electron chi connectivity index (χ4n) is 4.88. The van der Waals surface area contributed by atoms with Crippen molar-refractivity contribution >= 4 is 22.5 Å². The number of nitrogens with one attached hydrogen (secondary N) is 1. The molecule has 4 heterocycles. The normalized spacial score (nSPS) is 14.0. The summed E-state index contributed by atoms with van der Waals surface area (Å²) < 4.78 is 42.3. The van der Waals surface area contributed by atoms with E-state index in [1.54, 1.807) is 23.9 Å². The lowest BCUT2D eigenvalue weighted by Gasteiger charge is -2.22. The van der Waals surface area contributed by atoms with Crippen LogP contribution in [0.2, 0.25) is 0 Å². The molecule has 0 aliphatic carbocycles. The molecule has 0 saturated carbocycles. The SMILES string of the molecule is CCOc1cc(F)c(Cn2nc(-c3nc(Nc4ccncn4)cc(C4CCOCC4)n3)c3ccccc32)c(F)c1. The standard InChI is InChI=1S/C29H27F2N7O2/c1-2-40-19-13-22(30)21(23(31)14-19)16-38-25-6-4-3-5-20(25)28(37-38)29-34-24(18-8-11-39-12-9-18)15-27(36-29)35-26-7-10-32-17-33-26/h3-7,10,13-15,17-18H,2,8-9,11-12,16H2,1H3,(H,32,33,34,35,36). The summed E-state index contributed by atoms with van der Waals surface area (Å²) >= 11 is 0. The molecule has 1 N–H and O–H groups in total. The van der Waals surface area contributed by atoms with Crippen LogP contribution in [0.3, 0.4) is 0 Å². The summed E-state index contributed by atoms with van der Waals surface area (Å²) in [6.07, 6.45) is 4.78. The Bertz CT molecular complexity index is 1620. The van der Waals surface area contributed by atoms with Gasteiger partial charge in [0.1, 0.15) is 41.0 Å². The number of hydrogen-bond acceptors (Lipinski definition) is 8. The summed E-state index contributed by atoms with van der Waals surface area (Å²) in [5.74, 6) is 0.512. The van der Waals surface area contributed by atoms with Crippen LogP contribution in [0.1, 0.15) is 36.9 Å². The number of fused-ring (bicyclic) bond motifs is 1. The molecule has 11 heteroatoms. The molecule has 0 amide bonds. The van der Waals surface area contributed by atoms with Gasteiger partial charge in [-0.15, -0.1) is 0 Å². The lowest BCUT2D eigenvalue weighted by atomic mass is 9.96. The molecule has 2 aromatic carbocycles. The van der Waals surface area contributed by atoms with Gasteiger partial charge in [-0.25, -0.2) is 28.7 Å². The minimum absolute atomic E-state index is 0.105. The van der Waals surface area contributed by atoms with E-state index >= 15 is 0 Å². The van der Waals surface area contributed by atoms with Crippen LogP contribution in [0.25, 0.3) is 22.4 Å². The zero-order valence-electron chi connectivity index (χ0n) is 21.8. The second-order valence-electron chi connectivity index (χ2n) is 9.43. The highest BCUT2D eigenvalue weighted by Gasteiger charge is 2.23. The minimum atomic E-state index is -0.696. The summed E-state index contributed by atoms with van der Waals surface area (Å²) in [6.45, 7) is 3.28. The maximum absolute atomic E-state index is 15.0. The van der Waals surface area contributed by atoms with Crippen molar-refractivity contribution in [2.24, 2.45) is 0 Å². The van der Waals surface area contributed by atoms with Crippen molar-refractivity contribution in [2.75, 3.05) is 25.1 Å². The Labute approximate surface area is 229 Å². The second kappa shape index (κ2) is 11.3. The van der Waals surface area contributed by atoms with E-state index < -0.39 is 11.6 Å². The van der Waals surface area contributed by atoms with E-state index in [4.69, 9.17) is 24.5 Å². The zero-order valence-corrected chi connectivity index (χ0v) is 21.8. The van der Waals surface area contributed by atoms with E-state index in [-0.39, 0.29) is 23.8 Å². The highest BCUT2D eigenvalue weighted by atomic mass is 19.1. The topological polar surface area (TPSA) is 99.9 Å². The van der Waals surface area contributed by atoms with Gasteiger partial charge < -0.3 is 14.8 Å². The van der Waals surface area contributed by atoms with Crippen molar-refractivity contribution in [3.63, 3.8) is 0 Å². The molecule has 0 radical (unpaired) electrons. The minimum Gasteiger partial charge on any atom is -0.494 e. The Morgan fingerprint density at radius 2 is 1.82 bits per heavy atom. The quantitative estimate of drug-likeness (QED) is 0.268.